The van der Waals surface area contributed by atoms with E-state index in [1.165, 1.54) is 12.8 Å². The predicted octanol–water partition coefficient (Wildman–Crippen LogP) is 1.45. The van der Waals surface area contributed by atoms with Crippen molar-refractivity contribution in [2.45, 2.75) is 25.8 Å². The molecule has 0 bridgehead atoms. The minimum absolute atomic E-state index is 0.476. The summed E-state index contributed by atoms with van der Waals surface area (Å²) in [7, 11) is 0. The number of rotatable bonds is 0. The molecule has 1 aliphatic rings. The molecule has 2 N–H and O–H groups in total. The SMILES string of the molecule is Nc1nn2c(c1Cl)CCCC2. The molecule has 4 heteroatoms. The fourth-order valence-corrected chi connectivity index (χ4v) is 1.70. The minimum Gasteiger partial charge on any atom is -0.381 e. The highest BCUT2D eigenvalue weighted by Gasteiger charge is 2.16. The zero-order chi connectivity index (χ0) is 7.84. The second-order valence-corrected chi connectivity index (χ2v) is 3.20. The highest BCUT2D eigenvalue weighted by Crippen LogP contribution is 2.27. The van der Waals surface area contributed by atoms with Crippen LogP contribution in [0.2, 0.25) is 5.02 Å². The van der Waals surface area contributed by atoms with Crippen molar-refractivity contribution in [3.8, 4) is 0 Å². The number of nitrogens with zero attached hydrogens (tertiary/aromatic N) is 2. The lowest BCUT2D eigenvalue weighted by molar-refractivity contribution is 0.487. The first-order valence-corrected chi connectivity index (χ1v) is 4.17. The lowest BCUT2D eigenvalue weighted by atomic mass is 10.1. The van der Waals surface area contributed by atoms with E-state index in [9.17, 15) is 0 Å². The molecule has 0 saturated carbocycles. The van der Waals surface area contributed by atoms with Crippen molar-refractivity contribution in [1.82, 2.24) is 9.78 Å². The Balaban J connectivity index is 2.50. The van der Waals surface area contributed by atoms with Gasteiger partial charge in [0.15, 0.2) is 5.82 Å². The van der Waals surface area contributed by atoms with E-state index < -0.39 is 0 Å². The second kappa shape index (κ2) is 2.41. The topological polar surface area (TPSA) is 43.8 Å². The van der Waals surface area contributed by atoms with Crippen LogP contribution in [-0.2, 0) is 13.0 Å². The zero-order valence-corrected chi connectivity index (χ0v) is 6.93. The van der Waals surface area contributed by atoms with Gasteiger partial charge in [-0.2, -0.15) is 5.10 Å². The molecule has 2 rings (SSSR count). The summed E-state index contributed by atoms with van der Waals surface area (Å²) < 4.78 is 1.92. The number of nitrogens with two attached hydrogens (primary N) is 1. The van der Waals surface area contributed by atoms with E-state index in [0.29, 0.717) is 10.8 Å². The maximum Gasteiger partial charge on any atom is 0.164 e. The quantitative estimate of drug-likeness (QED) is 0.642. The number of aromatic nitrogens is 2. The van der Waals surface area contributed by atoms with E-state index in [1.807, 2.05) is 4.68 Å². The number of hydrogen-bond acceptors (Lipinski definition) is 2. The maximum absolute atomic E-state index is 5.92. The Morgan fingerprint density at radius 2 is 2.27 bits per heavy atom. The summed E-state index contributed by atoms with van der Waals surface area (Å²) in [6, 6.07) is 0. The number of anilines is 1. The van der Waals surface area contributed by atoms with Gasteiger partial charge in [-0.15, -0.1) is 0 Å². The van der Waals surface area contributed by atoms with Crippen LogP contribution < -0.4 is 5.73 Å². The Hall–Kier alpha value is -0.700. The van der Waals surface area contributed by atoms with Crippen molar-refractivity contribution >= 4 is 17.4 Å². The summed E-state index contributed by atoms with van der Waals surface area (Å²) in [5.41, 5.74) is 6.66. The van der Waals surface area contributed by atoms with E-state index in [1.54, 1.807) is 0 Å². The first-order chi connectivity index (χ1) is 5.29. The number of halogens is 1. The van der Waals surface area contributed by atoms with Gasteiger partial charge in [0.25, 0.3) is 0 Å². The molecule has 1 aromatic rings. The van der Waals surface area contributed by atoms with Crippen LogP contribution in [0.3, 0.4) is 0 Å². The van der Waals surface area contributed by atoms with Crippen molar-refractivity contribution in [2.24, 2.45) is 0 Å². The normalized spacial score (nSPS) is 16.5. The van der Waals surface area contributed by atoms with Crippen molar-refractivity contribution in [2.75, 3.05) is 5.73 Å². The average molecular weight is 172 g/mol. The van der Waals surface area contributed by atoms with Gasteiger partial charge in [0.1, 0.15) is 5.02 Å². The standard InChI is InChI=1S/C7H10ClN3/c8-6-5-3-1-2-4-11(5)10-7(6)9/h1-4H2,(H2,9,10). The van der Waals surface area contributed by atoms with Crippen LogP contribution in [0, 0.1) is 0 Å². The van der Waals surface area contributed by atoms with Crippen molar-refractivity contribution < 1.29 is 0 Å². The molecule has 0 aromatic carbocycles. The van der Waals surface area contributed by atoms with Crippen molar-refractivity contribution in [3.63, 3.8) is 0 Å². The first-order valence-electron chi connectivity index (χ1n) is 3.79. The molecule has 60 valence electrons. The molecule has 2 heterocycles. The first kappa shape index (κ1) is 6.98. The number of fused-ring (bicyclic) bond motifs is 1. The van der Waals surface area contributed by atoms with Gasteiger partial charge in [-0.3, -0.25) is 4.68 Å². The van der Waals surface area contributed by atoms with Crippen LogP contribution in [0.15, 0.2) is 0 Å². The number of hydrogen-bond donors (Lipinski definition) is 1. The lowest BCUT2D eigenvalue weighted by Crippen LogP contribution is -2.10. The van der Waals surface area contributed by atoms with Crippen LogP contribution in [0.25, 0.3) is 0 Å². The van der Waals surface area contributed by atoms with E-state index in [0.717, 1.165) is 18.7 Å². The fraction of sp³-hybridized carbons (Fsp3) is 0.571. The van der Waals surface area contributed by atoms with Gasteiger partial charge in [-0.25, -0.2) is 0 Å². The molecule has 3 nitrogen and oxygen atoms in total. The Morgan fingerprint density at radius 1 is 1.45 bits per heavy atom. The molecule has 11 heavy (non-hydrogen) atoms. The molecule has 0 spiro atoms. The third kappa shape index (κ3) is 0.997. The van der Waals surface area contributed by atoms with Crippen LogP contribution in [0.1, 0.15) is 18.5 Å². The zero-order valence-electron chi connectivity index (χ0n) is 6.18. The Labute approximate surface area is 70.1 Å². The molecular formula is C7H10ClN3. The van der Waals surface area contributed by atoms with Gasteiger partial charge in [0, 0.05) is 6.54 Å². The third-order valence-corrected chi connectivity index (χ3v) is 2.46. The highest BCUT2D eigenvalue weighted by molar-refractivity contribution is 6.33. The summed E-state index contributed by atoms with van der Waals surface area (Å²) in [5, 5.41) is 4.77. The molecule has 0 amide bonds. The summed E-state index contributed by atoms with van der Waals surface area (Å²) in [5.74, 6) is 0.476. The molecule has 0 saturated heterocycles. The smallest absolute Gasteiger partial charge is 0.164 e. The molecule has 0 atom stereocenters. The molecule has 0 fully saturated rings. The van der Waals surface area contributed by atoms with E-state index >= 15 is 0 Å². The fourth-order valence-electron chi connectivity index (χ4n) is 1.47. The van der Waals surface area contributed by atoms with Gasteiger partial charge < -0.3 is 5.73 Å². The lowest BCUT2D eigenvalue weighted by Gasteiger charge is -2.12. The largest absolute Gasteiger partial charge is 0.381 e. The molecule has 0 radical (unpaired) electrons. The van der Waals surface area contributed by atoms with Crippen LogP contribution in [-0.4, -0.2) is 9.78 Å². The van der Waals surface area contributed by atoms with Gasteiger partial charge >= 0.3 is 0 Å². The van der Waals surface area contributed by atoms with Gasteiger partial charge in [0.05, 0.1) is 5.69 Å². The summed E-state index contributed by atoms with van der Waals surface area (Å²) in [4.78, 5) is 0. The monoisotopic (exact) mass is 171 g/mol. The van der Waals surface area contributed by atoms with Crippen LogP contribution >= 0.6 is 11.6 Å². The molecule has 0 aliphatic carbocycles. The Kier molecular flexibility index (Phi) is 1.53. The Morgan fingerprint density at radius 3 is 3.00 bits per heavy atom. The van der Waals surface area contributed by atoms with Crippen molar-refractivity contribution in [1.29, 1.82) is 0 Å². The van der Waals surface area contributed by atoms with E-state index in [2.05, 4.69) is 5.10 Å². The second-order valence-electron chi connectivity index (χ2n) is 2.83. The summed E-state index contributed by atoms with van der Waals surface area (Å²) in [6.45, 7) is 0.965. The van der Waals surface area contributed by atoms with Gasteiger partial charge in [-0.1, -0.05) is 11.6 Å². The predicted molar refractivity (Wildman–Crippen MR) is 44.6 cm³/mol. The Bertz CT molecular complexity index is 279. The average Bonchev–Trinajstić information content (AvgIpc) is 2.30. The van der Waals surface area contributed by atoms with Crippen LogP contribution in [0.5, 0.6) is 0 Å². The van der Waals surface area contributed by atoms with E-state index in [4.69, 9.17) is 17.3 Å². The van der Waals surface area contributed by atoms with Gasteiger partial charge in [0.2, 0.25) is 0 Å². The third-order valence-electron chi connectivity index (χ3n) is 2.05. The molecule has 0 unspecified atom stereocenters. The number of nitrogen functional groups attached to an aromatic ring is 1. The summed E-state index contributed by atoms with van der Waals surface area (Å²) in [6.07, 6.45) is 3.40. The van der Waals surface area contributed by atoms with Crippen molar-refractivity contribution in [3.05, 3.63) is 10.7 Å². The summed E-state index contributed by atoms with van der Waals surface area (Å²) >= 11 is 5.92. The molecular weight excluding hydrogens is 162 g/mol. The van der Waals surface area contributed by atoms with E-state index in [-0.39, 0.29) is 0 Å². The van der Waals surface area contributed by atoms with Crippen LogP contribution in [0.4, 0.5) is 5.82 Å². The maximum atomic E-state index is 5.92. The highest BCUT2D eigenvalue weighted by atomic mass is 35.5. The minimum atomic E-state index is 0.476. The van der Waals surface area contributed by atoms with Gasteiger partial charge in [-0.05, 0) is 19.3 Å². The molecule has 1 aliphatic heterocycles. The number of aryl methyl sites for hydroxylation is 1. The molecule has 1 aromatic heterocycles.